The van der Waals surface area contributed by atoms with Gasteiger partial charge in [0.15, 0.2) is 5.65 Å². The van der Waals surface area contributed by atoms with Crippen LogP contribution in [0.15, 0.2) is 30.7 Å². The van der Waals surface area contributed by atoms with E-state index in [-0.39, 0.29) is 0 Å². The lowest BCUT2D eigenvalue weighted by atomic mass is 9.89. The number of aryl methyl sites for hydroxylation is 2. The van der Waals surface area contributed by atoms with Crippen molar-refractivity contribution < 1.29 is 5.11 Å². The molecule has 0 atom stereocenters. The molecule has 0 aliphatic carbocycles. The Morgan fingerprint density at radius 3 is 2.69 bits per heavy atom. The number of hydrogen-bond acceptors (Lipinski definition) is 5. The molecule has 0 spiro atoms. The second-order valence-electron chi connectivity index (χ2n) is 9.82. The standard InChI is InChI=1S/C25H32N6O/c1-5-17-11-21-22(12-20(17)19-10-16(2)24-26-15-27-31(24)13-19)28-29-23(21)18-6-8-30(9-7-18)14-25(3,4)32/h10-13,15,18,32H,5-9,14H2,1-4H3,(H,28,29). The molecule has 1 fully saturated rings. The van der Waals surface area contributed by atoms with E-state index < -0.39 is 5.60 Å². The quantitative estimate of drug-likeness (QED) is 0.496. The van der Waals surface area contributed by atoms with Crippen molar-refractivity contribution in [3.63, 3.8) is 0 Å². The minimum Gasteiger partial charge on any atom is -0.389 e. The zero-order chi connectivity index (χ0) is 22.5. The number of aliphatic hydroxyl groups is 1. The molecule has 3 aromatic heterocycles. The van der Waals surface area contributed by atoms with Crippen LogP contribution >= 0.6 is 0 Å². The summed E-state index contributed by atoms with van der Waals surface area (Å²) >= 11 is 0. The predicted molar refractivity (Wildman–Crippen MR) is 127 cm³/mol. The van der Waals surface area contributed by atoms with E-state index in [1.807, 2.05) is 18.4 Å². The smallest absolute Gasteiger partial charge is 0.158 e. The molecule has 7 nitrogen and oxygen atoms in total. The number of pyridine rings is 1. The van der Waals surface area contributed by atoms with E-state index in [1.165, 1.54) is 22.2 Å². The summed E-state index contributed by atoms with van der Waals surface area (Å²) in [5, 5.41) is 23.8. The first-order valence-electron chi connectivity index (χ1n) is 11.6. The van der Waals surface area contributed by atoms with Gasteiger partial charge in [-0.1, -0.05) is 6.92 Å². The van der Waals surface area contributed by atoms with Gasteiger partial charge in [0.25, 0.3) is 0 Å². The van der Waals surface area contributed by atoms with Crippen LogP contribution in [0.2, 0.25) is 0 Å². The Morgan fingerprint density at radius 1 is 1.19 bits per heavy atom. The third kappa shape index (κ3) is 3.91. The summed E-state index contributed by atoms with van der Waals surface area (Å²) in [4.78, 5) is 6.71. The zero-order valence-electron chi connectivity index (χ0n) is 19.4. The number of benzene rings is 1. The molecule has 1 saturated heterocycles. The predicted octanol–water partition coefficient (Wildman–Crippen LogP) is 4.09. The third-order valence-electron chi connectivity index (χ3n) is 6.67. The first-order chi connectivity index (χ1) is 15.3. The fraction of sp³-hybridized carbons (Fsp3) is 0.480. The fourth-order valence-corrected chi connectivity index (χ4v) is 5.16. The lowest BCUT2D eigenvalue weighted by Gasteiger charge is -2.35. The van der Waals surface area contributed by atoms with E-state index in [1.54, 1.807) is 6.33 Å². The molecule has 7 heteroatoms. The fourth-order valence-electron chi connectivity index (χ4n) is 5.16. The number of hydrogen-bond donors (Lipinski definition) is 2. The van der Waals surface area contributed by atoms with Crippen molar-refractivity contribution in [2.24, 2.45) is 0 Å². The number of piperidine rings is 1. The summed E-state index contributed by atoms with van der Waals surface area (Å²) in [6, 6.07) is 6.74. The zero-order valence-corrected chi connectivity index (χ0v) is 19.4. The maximum atomic E-state index is 10.1. The van der Waals surface area contributed by atoms with Crippen LogP contribution in [0, 0.1) is 6.92 Å². The van der Waals surface area contributed by atoms with E-state index >= 15 is 0 Å². The van der Waals surface area contributed by atoms with Crippen molar-refractivity contribution in [1.82, 2.24) is 29.7 Å². The molecule has 0 bridgehead atoms. The average Bonchev–Trinajstić information content (AvgIpc) is 3.39. The molecule has 32 heavy (non-hydrogen) atoms. The number of aromatic nitrogens is 5. The normalized spacial score (nSPS) is 16.4. The van der Waals surface area contributed by atoms with E-state index in [0.717, 1.165) is 61.2 Å². The highest BCUT2D eigenvalue weighted by Crippen LogP contribution is 2.36. The van der Waals surface area contributed by atoms with Crippen LogP contribution in [0.5, 0.6) is 0 Å². The number of nitrogens with zero attached hydrogens (tertiary/aromatic N) is 5. The Hall–Kier alpha value is -2.77. The monoisotopic (exact) mass is 432 g/mol. The van der Waals surface area contributed by atoms with Gasteiger partial charge in [0, 0.05) is 35.3 Å². The highest BCUT2D eigenvalue weighted by atomic mass is 16.3. The lowest BCUT2D eigenvalue weighted by Crippen LogP contribution is -2.42. The number of β-amino-alcohol motifs (C(OH)–C–C–N with tert-alkyl or cyclic N) is 1. The molecule has 1 aliphatic heterocycles. The van der Waals surface area contributed by atoms with Crippen molar-refractivity contribution in [3.8, 4) is 11.1 Å². The topological polar surface area (TPSA) is 82.3 Å². The Balaban J connectivity index is 1.47. The van der Waals surface area contributed by atoms with Gasteiger partial charge in [0.2, 0.25) is 0 Å². The van der Waals surface area contributed by atoms with Crippen LogP contribution in [0.4, 0.5) is 0 Å². The molecule has 4 heterocycles. The summed E-state index contributed by atoms with van der Waals surface area (Å²) in [7, 11) is 0. The summed E-state index contributed by atoms with van der Waals surface area (Å²) in [6.07, 6.45) is 6.77. The molecule has 2 N–H and O–H groups in total. The van der Waals surface area contributed by atoms with E-state index in [0.29, 0.717) is 5.92 Å². The Morgan fingerprint density at radius 2 is 1.97 bits per heavy atom. The van der Waals surface area contributed by atoms with Crippen molar-refractivity contribution >= 4 is 16.6 Å². The van der Waals surface area contributed by atoms with Gasteiger partial charge in [-0.15, -0.1) is 0 Å². The van der Waals surface area contributed by atoms with Gasteiger partial charge in [-0.2, -0.15) is 10.2 Å². The molecule has 4 aromatic rings. The van der Waals surface area contributed by atoms with Crippen molar-refractivity contribution in [1.29, 1.82) is 0 Å². The molecule has 0 unspecified atom stereocenters. The largest absolute Gasteiger partial charge is 0.389 e. The van der Waals surface area contributed by atoms with Crippen LogP contribution in [-0.2, 0) is 6.42 Å². The van der Waals surface area contributed by atoms with Crippen molar-refractivity contribution in [2.75, 3.05) is 19.6 Å². The van der Waals surface area contributed by atoms with Crippen LogP contribution < -0.4 is 0 Å². The van der Waals surface area contributed by atoms with Crippen LogP contribution in [0.1, 0.15) is 56.4 Å². The molecule has 168 valence electrons. The third-order valence-corrected chi connectivity index (χ3v) is 6.67. The second kappa shape index (κ2) is 7.98. The summed E-state index contributed by atoms with van der Waals surface area (Å²) in [5.74, 6) is 0.474. The van der Waals surface area contributed by atoms with Gasteiger partial charge < -0.3 is 10.0 Å². The van der Waals surface area contributed by atoms with Crippen molar-refractivity contribution in [3.05, 3.63) is 47.5 Å². The van der Waals surface area contributed by atoms with E-state index in [4.69, 9.17) is 5.10 Å². The minimum atomic E-state index is -0.645. The first kappa shape index (κ1) is 21.1. The van der Waals surface area contributed by atoms with Crippen LogP contribution in [0.25, 0.3) is 27.7 Å². The van der Waals surface area contributed by atoms with Gasteiger partial charge in [-0.05, 0) is 88.0 Å². The molecule has 0 radical (unpaired) electrons. The maximum absolute atomic E-state index is 10.1. The SMILES string of the molecule is CCc1cc2c(C3CCN(CC(C)(C)O)CC3)[nH]nc2cc1-c1cc(C)c2ncnn2c1. The number of fused-ring (bicyclic) bond motifs is 2. The Bertz CT molecular complexity index is 1260. The van der Waals surface area contributed by atoms with Gasteiger partial charge in [0.05, 0.1) is 11.1 Å². The summed E-state index contributed by atoms with van der Waals surface area (Å²) < 4.78 is 1.85. The summed E-state index contributed by atoms with van der Waals surface area (Å²) in [6.45, 7) is 10.8. The first-order valence-corrected chi connectivity index (χ1v) is 11.6. The maximum Gasteiger partial charge on any atom is 0.158 e. The molecular weight excluding hydrogens is 400 g/mol. The number of likely N-dealkylation sites (tertiary alicyclic amines) is 1. The molecule has 5 rings (SSSR count). The Labute approximate surface area is 188 Å². The number of nitrogens with one attached hydrogen (secondary N) is 1. The van der Waals surface area contributed by atoms with Gasteiger partial charge in [-0.25, -0.2) is 9.50 Å². The van der Waals surface area contributed by atoms with Crippen LogP contribution in [-0.4, -0.2) is 60.0 Å². The lowest BCUT2D eigenvalue weighted by molar-refractivity contribution is 0.0281. The highest BCUT2D eigenvalue weighted by molar-refractivity contribution is 5.88. The molecule has 0 saturated carbocycles. The second-order valence-corrected chi connectivity index (χ2v) is 9.82. The molecule has 1 aromatic carbocycles. The minimum absolute atomic E-state index is 0.474. The Kier molecular flexibility index (Phi) is 5.26. The average molecular weight is 433 g/mol. The molecule has 0 amide bonds. The van der Waals surface area contributed by atoms with Gasteiger partial charge >= 0.3 is 0 Å². The summed E-state index contributed by atoms with van der Waals surface area (Å²) in [5.41, 5.74) is 7.30. The molecule has 1 aliphatic rings. The van der Waals surface area contributed by atoms with Gasteiger partial charge in [0.1, 0.15) is 6.33 Å². The van der Waals surface area contributed by atoms with Crippen LogP contribution in [0.3, 0.4) is 0 Å². The number of H-pyrrole nitrogens is 1. The van der Waals surface area contributed by atoms with E-state index in [2.05, 4.69) is 58.3 Å². The molecular formula is C25H32N6O. The number of rotatable bonds is 5. The number of aromatic amines is 1. The highest BCUT2D eigenvalue weighted by Gasteiger charge is 2.27. The van der Waals surface area contributed by atoms with Crippen molar-refractivity contribution in [2.45, 2.75) is 58.5 Å². The van der Waals surface area contributed by atoms with E-state index in [9.17, 15) is 5.11 Å². The van der Waals surface area contributed by atoms with Gasteiger partial charge in [-0.3, -0.25) is 5.10 Å².